The van der Waals surface area contributed by atoms with E-state index in [1.54, 1.807) is 13.2 Å². The highest BCUT2D eigenvalue weighted by Gasteiger charge is 2.34. The molecule has 2 rings (SSSR count). The Balaban J connectivity index is 2.06. The Hall–Kier alpha value is -0.640. The van der Waals surface area contributed by atoms with E-state index >= 15 is 0 Å². The van der Waals surface area contributed by atoms with Gasteiger partial charge in [-0.25, -0.2) is 4.39 Å². The molecule has 0 saturated heterocycles. The molecule has 1 saturated carbocycles. The van der Waals surface area contributed by atoms with Crippen LogP contribution >= 0.6 is 11.6 Å². The van der Waals surface area contributed by atoms with E-state index in [1.807, 2.05) is 0 Å². The minimum Gasteiger partial charge on any atom is -0.390 e. The fraction of sp³-hybridized carbons (Fsp3) is 0.571. The molecule has 18 heavy (non-hydrogen) atoms. The Morgan fingerprint density at radius 3 is 2.72 bits per heavy atom. The Bertz CT molecular complexity index is 414. The van der Waals surface area contributed by atoms with Crippen molar-refractivity contribution in [2.24, 2.45) is 0 Å². The summed E-state index contributed by atoms with van der Waals surface area (Å²) in [5, 5.41) is 11.0. The highest BCUT2D eigenvalue weighted by atomic mass is 35.5. The van der Waals surface area contributed by atoms with Gasteiger partial charge in [-0.3, -0.25) is 0 Å². The zero-order chi connectivity index (χ0) is 13.2. The summed E-state index contributed by atoms with van der Waals surface area (Å²) in [6.07, 6.45) is 3.43. The average Bonchev–Trinajstić information content (AvgIpc) is 2.35. The standard InChI is InChI=1S/C14H18ClFO2/c1-18-12-4-6-14(17,7-5-12)9-10-8-11(15)2-3-13(10)16/h2-3,8,12,17H,4-7,9H2,1H3. The number of hydrogen-bond donors (Lipinski definition) is 1. The summed E-state index contributed by atoms with van der Waals surface area (Å²) >= 11 is 5.86. The molecule has 1 aliphatic carbocycles. The summed E-state index contributed by atoms with van der Waals surface area (Å²) in [6.45, 7) is 0. The lowest BCUT2D eigenvalue weighted by Crippen LogP contribution is -2.38. The van der Waals surface area contributed by atoms with Crippen molar-refractivity contribution in [2.75, 3.05) is 7.11 Å². The van der Waals surface area contributed by atoms with Gasteiger partial charge in [0.05, 0.1) is 11.7 Å². The third kappa shape index (κ3) is 3.22. The van der Waals surface area contributed by atoms with Crippen molar-refractivity contribution in [1.29, 1.82) is 0 Å². The summed E-state index contributed by atoms with van der Waals surface area (Å²) in [7, 11) is 1.69. The first kappa shape index (κ1) is 13.8. The van der Waals surface area contributed by atoms with E-state index in [0.29, 0.717) is 29.8 Å². The second kappa shape index (κ2) is 5.55. The number of rotatable bonds is 3. The van der Waals surface area contributed by atoms with Crippen LogP contribution in [-0.4, -0.2) is 23.9 Å². The molecule has 4 heteroatoms. The predicted octanol–water partition coefficient (Wildman–Crippen LogP) is 3.34. The second-order valence-corrected chi connectivity index (χ2v) is 5.51. The molecule has 0 spiro atoms. The molecule has 2 nitrogen and oxygen atoms in total. The SMILES string of the molecule is COC1CCC(O)(Cc2cc(Cl)ccc2F)CC1. The largest absolute Gasteiger partial charge is 0.390 e. The summed E-state index contributed by atoms with van der Waals surface area (Å²) in [6, 6.07) is 4.46. The lowest BCUT2D eigenvalue weighted by molar-refractivity contribution is -0.0431. The van der Waals surface area contributed by atoms with Gasteiger partial charge in [0.1, 0.15) is 5.82 Å². The van der Waals surface area contributed by atoms with E-state index in [4.69, 9.17) is 16.3 Å². The van der Waals surface area contributed by atoms with Gasteiger partial charge in [0, 0.05) is 18.6 Å². The molecule has 0 bridgehead atoms. The van der Waals surface area contributed by atoms with Gasteiger partial charge >= 0.3 is 0 Å². The fourth-order valence-corrected chi connectivity index (χ4v) is 2.77. The lowest BCUT2D eigenvalue weighted by atomic mass is 9.79. The van der Waals surface area contributed by atoms with Crippen molar-refractivity contribution >= 4 is 11.6 Å². The van der Waals surface area contributed by atoms with Crippen molar-refractivity contribution < 1.29 is 14.2 Å². The zero-order valence-corrected chi connectivity index (χ0v) is 11.2. The second-order valence-electron chi connectivity index (χ2n) is 5.07. The molecule has 0 heterocycles. The fourth-order valence-electron chi connectivity index (χ4n) is 2.57. The van der Waals surface area contributed by atoms with E-state index in [0.717, 1.165) is 12.8 Å². The summed E-state index contributed by atoms with van der Waals surface area (Å²) in [5.41, 5.74) is -0.346. The minimum absolute atomic E-state index is 0.217. The Labute approximate surface area is 112 Å². The molecular formula is C14H18ClFO2. The summed E-state index contributed by atoms with van der Waals surface area (Å²) in [4.78, 5) is 0. The number of ether oxygens (including phenoxy) is 1. The van der Waals surface area contributed by atoms with Gasteiger partial charge < -0.3 is 9.84 Å². The Kier molecular flexibility index (Phi) is 4.25. The maximum atomic E-state index is 13.6. The van der Waals surface area contributed by atoms with Gasteiger partial charge in [0.25, 0.3) is 0 Å². The highest BCUT2D eigenvalue weighted by molar-refractivity contribution is 6.30. The maximum Gasteiger partial charge on any atom is 0.126 e. The smallest absolute Gasteiger partial charge is 0.126 e. The quantitative estimate of drug-likeness (QED) is 0.914. The van der Waals surface area contributed by atoms with Crippen LogP contribution in [0.15, 0.2) is 18.2 Å². The molecule has 0 aromatic heterocycles. The number of methoxy groups -OCH3 is 1. The minimum atomic E-state index is -0.833. The molecule has 0 unspecified atom stereocenters. The first-order valence-corrected chi connectivity index (χ1v) is 6.59. The molecule has 1 N–H and O–H groups in total. The third-order valence-electron chi connectivity index (χ3n) is 3.72. The monoisotopic (exact) mass is 272 g/mol. The molecule has 0 amide bonds. The Morgan fingerprint density at radius 1 is 1.44 bits per heavy atom. The van der Waals surface area contributed by atoms with E-state index < -0.39 is 5.60 Å². The van der Waals surface area contributed by atoms with E-state index in [-0.39, 0.29) is 11.9 Å². The molecular weight excluding hydrogens is 255 g/mol. The Morgan fingerprint density at radius 2 is 2.11 bits per heavy atom. The van der Waals surface area contributed by atoms with Crippen molar-refractivity contribution in [3.05, 3.63) is 34.6 Å². The molecule has 100 valence electrons. The van der Waals surface area contributed by atoms with E-state index in [2.05, 4.69) is 0 Å². The van der Waals surface area contributed by atoms with Gasteiger partial charge in [-0.2, -0.15) is 0 Å². The number of aliphatic hydroxyl groups is 1. The van der Waals surface area contributed by atoms with Gasteiger partial charge in [-0.05, 0) is 49.4 Å². The number of hydrogen-bond acceptors (Lipinski definition) is 2. The van der Waals surface area contributed by atoms with Crippen molar-refractivity contribution in [3.8, 4) is 0 Å². The van der Waals surface area contributed by atoms with Crippen LogP contribution in [0.2, 0.25) is 5.02 Å². The molecule has 0 atom stereocenters. The lowest BCUT2D eigenvalue weighted by Gasteiger charge is -2.35. The van der Waals surface area contributed by atoms with Crippen molar-refractivity contribution in [1.82, 2.24) is 0 Å². The van der Waals surface area contributed by atoms with Crippen LogP contribution in [0, 0.1) is 5.82 Å². The van der Waals surface area contributed by atoms with Gasteiger partial charge in [-0.1, -0.05) is 11.6 Å². The van der Waals surface area contributed by atoms with Crippen LogP contribution in [0.4, 0.5) is 4.39 Å². The first-order chi connectivity index (χ1) is 8.52. The molecule has 1 aromatic rings. The van der Waals surface area contributed by atoms with Crippen LogP contribution in [0.1, 0.15) is 31.2 Å². The maximum absolute atomic E-state index is 13.6. The van der Waals surface area contributed by atoms with Crippen LogP contribution < -0.4 is 0 Å². The number of benzene rings is 1. The van der Waals surface area contributed by atoms with Gasteiger partial charge in [0.2, 0.25) is 0 Å². The van der Waals surface area contributed by atoms with E-state index in [9.17, 15) is 9.50 Å². The normalized spacial score (nSPS) is 28.3. The van der Waals surface area contributed by atoms with Crippen LogP contribution in [-0.2, 0) is 11.2 Å². The number of halogens is 2. The average molecular weight is 273 g/mol. The molecule has 1 aromatic carbocycles. The topological polar surface area (TPSA) is 29.5 Å². The van der Waals surface area contributed by atoms with Crippen LogP contribution in [0.3, 0.4) is 0 Å². The third-order valence-corrected chi connectivity index (χ3v) is 3.96. The van der Waals surface area contributed by atoms with Gasteiger partial charge in [0.15, 0.2) is 0 Å². The summed E-state index contributed by atoms with van der Waals surface area (Å²) < 4.78 is 18.9. The van der Waals surface area contributed by atoms with E-state index in [1.165, 1.54) is 12.1 Å². The molecule has 0 radical (unpaired) electrons. The van der Waals surface area contributed by atoms with Gasteiger partial charge in [-0.15, -0.1) is 0 Å². The molecule has 1 fully saturated rings. The van der Waals surface area contributed by atoms with Crippen LogP contribution in [0.5, 0.6) is 0 Å². The molecule has 0 aliphatic heterocycles. The van der Waals surface area contributed by atoms with Crippen molar-refractivity contribution in [2.45, 2.75) is 43.8 Å². The zero-order valence-electron chi connectivity index (χ0n) is 10.5. The highest BCUT2D eigenvalue weighted by Crippen LogP contribution is 2.33. The predicted molar refractivity (Wildman–Crippen MR) is 69.3 cm³/mol. The summed E-state index contributed by atoms with van der Waals surface area (Å²) in [5.74, 6) is -0.304. The first-order valence-electron chi connectivity index (χ1n) is 6.21. The van der Waals surface area contributed by atoms with Crippen molar-refractivity contribution in [3.63, 3.8) is 0 Å². The molecule has 1 aliphatic rings. The van der Waals surface area contributed by atoms with Crippen LogP contribution in [0.25, 0.3) is 0 Å².